The zero-order chi connectivity index (χ0) is 15.1. The van der Waals surface area contributed by atoms with Crippen LogP contribution in [0.25, 0.3) is 0 Å². The van der Waals surface area contributed by atoms with Crippen LogP contribution in [0.1, 0.15) is 0 Å². The van der Waals surface area contributed by atoms with Gasteiger partial charge in [0.25, 0.3) is 0 Å². The second kappa shape index (κ2) is 7.77. The standard InChI is InChI=1S/C14H16O6/c1-4-7-19-13-9(15)12(18-6-3)10(16)14(11(13)17)20-8-5-2/h1-3,9-17H,7-8H2/t9-,10+,11?,12?,13-,14?/m1/s1. The highest BCUT2D eigenvalue weighted by atomic mass is 16.6. The Balaban J connectivity index is 2.93. The molecule has 0 aromatic heterocycles. The van der Waals surface area contributed by atoms with Crippen LogP contribution in [-0.2, 0) is 14.2 Å². The normalized spacial score (nSPS) is 36.4. The topological polar surface area (TPSA) is 88.4 Å². The molecule has 0 aliphatic heterocycles. The lowest BCUT2D eigenvalue weighted by molar-refractivity contribution is -0.240. The van der Waals surface area contributed by atoms with Crippen LogP contribution in [-0.4, -0.2) is 65.2 Å². The van der Waals surface area contributed by atoms with Gasteiger partial charge in [0.05, 0.1) is 0 Å². The monoisotopic (exact) mass is 280 g/mol. The molecule has 6 atom stereocenters. The third-order valence-electron chi connectivity index (χ3n) is 2.94. The molecule has 0 amide bonds. The van der Waals surface area contributed by atoms with Gasteiger partial charge in [-0.15, -0.1) is 12.8 Å². The summed E-state index contributed by atoms with van der Waals surface area (Å²) in [5, 5.41) is 30.2. The molecular formula is C14H16O6. The van der Waals surface area contributed by atoms with E-state index in [1.807, 2.05) is 6.11 Å². The number of hydrogen-bond acceptors (Lipinski definition) is 6. The van der Waals surface area contributed by atoms with Crippen LogP contribution in [0.3, 0.4) is 0 Å². The molecule has 1 rings (SSSR count). The van der Waals surface area contributed by atoms with E-state index in [9.17, 15) is 15.3 Å². The smallest absolute Gasteiger partial charge is 0.167 e. The van der Waals surface area contributed by atoms with Crippen molar-refractivity contribution >= 4 is 0 Å². The van der Waals surface area contributed by atoms with E-state index >= 15 is 0 Å². The van der Waals surface area contributed by atoms with Crippen LogP contribution in [0.2, 0.25) is 0 Å². The van der Waals surface area contributed by atoms with Gasteiger partial charge in [0.15, 0.2) is 6.10 Å². The summed E-state index contributed by atoms with van der Waals surface area (Å²) < 4.78 is 15.2. The SMILES string of the molecule is C#CCOC1C(O)[C@H](OCC#C)[C@H](O)C(OC#C)[C@@H]1O. The first-order valence-electron chi connectivity index (χ1n) is 5.84. The fraction of sp³-hybridized carbons (Fsp3) is 0.571. The van der Waals surface area contributed by atoms with Crippen molar-refractivity contribution in [2.45, 2.75) is 36.6 Å². The second-order valence-electron chi connectivity index (χ2n) is 4.13. The van der Waals surface area contributed by atoms with Crippen molar-refractivity contribution in [2.75, 3.05) is 13.2 Å². The molecule has 1 fully saturated rings. The van der Waals surface area contributed by atoms with Gasteiger partial charge >= 0.3 is 0 Å². The molecule has 0 aromatic carbocycles. The third kappa shape index (κ3) is 3.43. The summed E-state index contributed by atoms with van der Waals surface area (Å²) in [6, 6.07) is 0. The predicted octanol–water partition coefficient (Wildman–Crippen LogP) is -1.90. The minimum absolute atomic E-state index is 0.139. The number of hydrogen-bond donors (Lipinski definition) is 3. The number of aliphatic hydroxyl groups is 3. The Bertz CT molecular complexity index is 396. The van der Waals surface area contributed by atoms with E-state index < -0.39 is 36.6 Å². The van der Waals surface area contributed by atoms with Crippen LogP contribution in [0, 0.1) is 37.2 Å². The highest BCUT2D eigenvalue weighted by Gasteiger charge is 2.52. The van der Waals surface area contributed by atoms with Crippen LogP contribution >= 0.6 is 0 Å². The molecular weight excluding hydrogens is 264 g/mol. The molecule has 108 valence electrons. The number of rotatable bonds is 5. The summed E-state index contributed by atoms with van der Waals surface area (Å²) in [6.45, 7) is -0.279. The third-order valence-corrected chi connectivity index (χ3v) is 2.94. The van der Waals surface area contributed by atoms with Crippen molar-refractivity contribution in [1.29, 1.82) is 0 Å². The maximum Gasteiger partial charge on any atom is 0.167 e. The second-order valence-corrected chi connectivity index (χ2v) is 4.13. The lowest BCUT2D eigenvalue weighted by atomic mass is 9.84. The van der Waals surface area contributed by atoms with Gasteiger partial charge in [-0.2, -0.15) is 0 Å². The summed E-state index contributed by atoms with van der Waals surface area (Å²) in [4.78, 5) is 0. The Labute approximate surface area is 117 Å². The molecule has 1 saturated carbocycles. The minimum Gasteiger partial charge on any atom is -0.438 e. The quantitative estimate of drug-likeness (QED) is 0.510. The van der Waals surface area contributed by atoms with E-state index in [4.69, 9.17) is 33.5 Å². The Morgan fingerprint density at radius 3 is 1.50 bits per heavy atom. The lowest BCUT2D eigenvalue weighted by Gasteiger charge is -2.43. The van der Waals surface area contributed by atoms with Gasteiger partial charge in [-0.25, -0.2) is 0 Å². The fourth-order valence-corrected chi connectivity index (χ4v) is 2.07. The minimum atomic E-state index is -1.37. The summed E-state index contributed by atoms with van der Waals surface area (Å²) in [6.07, 6.45) is 9.52. The number of terminal acetylenes is 3. The molecule has 1 aliphatic carbocycles. The Hall–Kier alpha value is -1.72. The van der Waals surface area contributed by atoms with Gasteiger partial charge in [0.2, 0.25) is 0 Å². The van der Waals surface area contributed by atoms with E-state index in [2.05, 4.69) is 11.8 Å². The van der Waals surface area contributed by atoms with Crippen LogP contribution in [0.15, 0.2) is 0 Å². The van der Waals surface area contributed by atoms with E-state index in [0.29, 0.717) is 0 Å². The van der Waals surface area contributed by atoms with E-state index in [1.54, 1.807) is 0 Å². The zero-order valence-electron chi connectivity index (χ0n) is 10.7. The summed E-state index contributed by atoms with van der Waals surface area (Å²) in [5.41, 5.74) is 0. The Morgan fingerprint density at radius 2 is 1.15 bits per heavy atom. The first kappa shape index (κ1) is 16.3. The summed E-state index contributed by atoms with van der Waals surface area (Å²) >= 11 is 0. The van der Waals surface area contributed by atoms with Crippen molar-refractivity contribution in [3.05, 3.63) is 0 Å². The Kier molecular flexibility index (Phi) is 6.35. The van der Waals surface area contributed by atoms with E-state index in [0.717, 1.165) is 0 Å². The first-order chi connectivity index (χ1) is 9.58. The van der Waals surface area contributed by atoms with Crippen molar-refractivity contribution in [2.24, 2.45) is 0 Å². The molecule has 6 heteroatoms. The predicted molar refractivity (Wildman–Crippen MR) is 68.9 cm³/mol. The van der Waals surface area contributed by atoms with E-state index in [-0.39, 0.29) is 13.2 Å². The molecule has 0 saturated heterocycles. The molecule has 6 nitrogen and oxygen atoms in total. The average molecular weight is 280 g/mol. The van der Waals surface area contributed by atoms with Crippen LogP contribution in [0.5, 0.6) is 0 Å². The molecule has 0 heterocycles. The van der Waals surface area contributed by atoms with Crippen LogP contribution < -0.4 is 0 Å². The summed E-state index contributed by atoms with van der Waals surface area (Å²) in [5.74, 6) is 4.42. The first-order valence-corrected chi connectivity index (χ1v) is 5.84. The van der Waals surface area contributed by atoms with Crippen LogP contribution in [0.4, 0.5) is 0 Å². The van der Waals surface area contributed by atoms with Gasteiger partial charge < -0.3 is 29.5 Å². The van der Waals surface area contributed by atoms with Gasteiger partial charge in [0.1, 0.15) is 49.8 Å². The molecule has 1 aliphatic rings. The van der Waals surface area contributed by atoms with Gasteiger partial charge in [-0.1, -0.05) is 18.3 Å². The number of ether oxygens (including phenoxy) is 3. The fourth-order valence-electron chi connectivity index (χ4n) is 2.07. The molecule has 3 unspecified atom stereocenters. The van der Waals surface area contributed by atoms with Gasteiger partial charge in [-0.05, 0) is 0 Å². The average Bonchev–Trinajstić information content (AvgIpc) is 2.43. The van der Waals surface area contributed by atoms with Crippen molar-refractivity contribution in [3.8, 4) is 37.2 Å². The molecule has 0 bridgehead atoms. The van der Waals surface area contributed by atoms with Crippen molar-refractivity contribution < 1.29 is 29.5 Å². The van der Waals surface area contributed by atoms with E-state index in [1.165, 1.54) is 0 Å². The Morgan fingerprint density at radius 1 is 0.750 bits per heavy atom. The molecule has 0 radical (unpaired) electrons. The van der Waals surface area contributed by atoms with Gasteiger partial charge in [0, 0.05) is 0 Å². The summed E-state index contributed by atoms with van der Waals surface area (Å²) in [7, 11) is 0. The molecule has 3 N–H and O–H groups in total. The molecule has 20 heavy (non-hydrogen) atoms. The maximum atomic E-state index is 10.1. The lowest BCUT2D eigenvalue weighted by Crippen LogP contribution is -2.65. The van der Waals surface area contributed by atoms with Crippen molar-refractivity contribution in [1.82, 2.24) is 0 Å². The highest BCUT2D eigenvalue weighted by Crippen LogP contribution is 2.27. The number of aliphatic hydroxyl groups excluding tert-OH is 3. The maximum absolute atomic E-state index is 10.1. The van der Waals surface area contributed by atoms with Gasteiger partial charge in [-0.3, -0.25) is 0 Å². The molecule has 0 spiro atoms. The highest BCUT2D eigenvalue weighted by molar-refractivity contribution is 5.03. The molecule has 0 aromatic rings. The van der Waals surface area contributed by atoms with Crippen molar-refractivity contribution in [3.63, 3.8) is 0 Å². The zero-order valence-corrected chi connectivity index (χ0v) is 10.7. The largest absolute Gasteiger partial charge is 0.438 e.